The van der Waals surface area contributed by atoms with E-state index in [1.165, 1.54) is 25.6 Å². The molecule has 5 rings (SSSR count). The molecule has 1 atom stereocenters. The Kier molecular flexibility index (Phi) is 7.76. The molecule has 0 radical (unpaired) electrons. The predicted octanol–water partition coefficient (Wildman–Crippen LogP) is 4.31. The number of aryl methyl sites for hydroxylation is 1. The van der Waals surface area contributed by atoms with E-state index in [1.807, 2.05) is 38.1 Å². The summed E-state index contributed by atoms with van der Waals surface area (Å²) < 4.78 is 14.3. The normalized spacial score (nSPS) is 19.5. The van der Waals surface area contributed by atoms with Crippen molar-refractivity contribution in [3.05, 3.63) is 59.4 Å². The molecule has 0 unspecified atom stereocenters. The fourth-order valence-electron chi connectivity index (χ4n) is 5.96. The highest BCUT2D eigenvalue weighted by molar-refractivity contribution is 6.16. The minimum Gasteiger partial charge on any atom is -0.382 e. The van der Waals surface area contributed by atoms with Gasteiger partial charge in [0.15, 0.2) is 0 Å². The van der Waals surface area contributed by atoms with Crippen LogP contribution in [0.25, 0.3) is 0 Å². The summed E-state index contributed by atoms with van der Waals surface area (Å²) in [6.45, 7) is 5.88. The molecular formula is C31H38FN5O4. The number of urea groups is 1. The lowest BCUT2D eigenvalue weighted by Crippen LogP contribution is -2.60. The maximum Gasteiger partial charge on any atom is 0.331 e. The lowest BCUT2D eigenvalue weighted by Gasteiger charge is -2.43. The van der Waals surface area contributed by atoms with Crippen LogP contribution in [0.2, 0.25) is 0 Å². The van der Waals surface area contributed by atoms with E-state index < -0.39 is 23.3 Å². The van der Waals surface area contributed by atoms with Gasteiger partial charge in [-0.2, -0.15) is 0 Å². The first-order valence-corrected chi connectivity index (χ1v) is 14.4. The lowest BCUT2D eigenvalue weighted by molar-refractivity contribution is -0.139. The zero-order valence-corrected chi connectivity index (χ0v) is 24.1. The Morgan fingerprint density at radius 3 is 2.27 bits per heavy atom. The predicted molar refractivity (Wildman–Crippen MR) is 154 cm³/mol. The van der Waals surface area contributed by atoms with Gasteiger partial charge in [0, 0.05) is 37.6 Å². The third kappa shape index (κ3) is 5.27. The van der Waals surface area contributed by atoms with Gasteiger partial charge in [0.05, 0.1) is 5.56 Å². The van der Waals surface area contributed by atoms with E-state index in [4.69, 9.17) is 0 Å². The summed E-state index contributed by atoms with van der Waals surface area (Å²) in [5.74, 6) is -2.12. The van der Waals surface area contributed by atoms with Crippen LogP contribution in [0.3, 0.4) is 0 Å². The van der Waals surface area contributed by atoms with Crippen molar-refractivity contribution in [3.63, 3.8) is 0 Å². The molecule has 0 bridgehead atoms. The molecule has 2 heterocycles. The molecule has 1 aliphatic carbocycles. The van der Waals surface area contributed by atoms with Gasteiger partial charge in [-0.25, -0.2) is 9.18 Å². The minimum atomic E-state index is -1.09. The zero-order valence-electron chi connectivity index (χ0n) is 24.1. The zero-order chi connectivity index (χ0) is 29.5. The molecule has 9 nitrogen and oxygen atoms in total. The van der Waals surface area contributed by atoms with E-state index in [0.717, 1.165) is 29.0 Å². The van der Waals surface area contributed by atoms with E-state index in [1.54, 1.807) is 22.8 Å². The number of piperidine rings is 1. The molecule has 41 heavy (non-hydrogen) atoms. The van der Waals surface area contributed by atoms with Gasteiger partial charge in [-0.3, -0.25) is 24.2 Å². The summed E-state index contributed by atoms with van der Waals surface area (Å²) in [4.78, 5) is 57.7. The second kappa shape index (κ2) is 11.1. The number of nitrogens with one attached hydrogen (secondary N) is 2. The molecule has 2 saturated heterocycles. The molecule has 2 aliphatic heterocycles. The van der Waals surface area contributed by atoms with Crippen molar-refractivity contribution < 1.29 is 23.6 Å². The number of benzene rings is 2. The SMILES string of the molecule is Cc1ccc(F)c(C(=O)N[C@@H](C(=O)N2CCC3(CC2)C(=O)N(C)C(=O)N3c2ccc(NC3CCC3)cc2)C(C)C)c1. The van der Waals surface area contributed by atoms with Gasteiger partial charge < -0.3 is 15.5 Å². The molecule has 10 heteroatoms. The van der Waals surface area contributed by atoms with E-state index >= 15 is 0 Å². The summed E-state index contributed by atoms with van der Waals surface area (Å²) in [5.41, 5.74) is 1.15. The van der Waals surface area contributed by atoms with Crippen LogP contribution in [-0.4, -0.2) is 71.3 Å². The van der Waals surface area contributed by atoms with Crippen molar-refractivity contribution in [1.82, 2.24) is 15.1 Å². The van der Waals surface area contributed by atoms with Crippen LogP contribution in [-0.2, 0) is 9.59 Å². The number of hydrogen-bond acceptors (Lipinski definition) is 5. The molecule has 218 valence electrons. The second-order valence-electron chi connectivity index (χ2n) is 11.8. The number of hydrogen-bond donors (Lipinski definition) is 2. The van der Waals surface area contributed by atoms with Crippen LogP contribution in [0.5, 0.6) is 0 Å². The maximum absolute atomic E-state index is 14.3. The number of carbonyl (C=O) groups is 4. The molecular weight excluding hydrogens is 525 g/mol. The minimum absolute atomic E-state index is 0.108. The molecule has 0 aromatic heterocycles. The Morgan fingerprint density at radius 1 is 1.02 bits per heavy atom. The largest absolute Gasteiger partial charge is 0.382 e. The molecule has 2 aromatic rings. The van der Waals surface area contributed by atoms with Crippen LogP contribution in [0.1, 0.15) is 61.9 Å². The molecule has 5 amide bonds. The van der Waals surface area contributed by atoms with Crippen molar-refractivity contribution in [3.8, 4) is 0 Å². The monoisotopic (exact) mass is 563 g/mol. The number of rotatable bonds is 7. The highest BCUT2D eigenvalue weighted by atomic mass is 19.1. The van der Waals surface area contributed by atoms with E-state index in [0.29, 0.717) is 11.7 Å². The van der Waals surface area contributed by atoms with Gasteiger partial charge in [0.1, 0.15) is 17.4 Å². The van der Waals surface area contributed by atoms with Crippen LogP contribution in [0, 0.1) is 18.7 Å². The molecule has 1 saturated carbocycles. The van der Waals surface area contributed by atoms with Crippen molar-refractivity contribution >= 4 is 35.1 Å². The van der Waals surface area contributed by atoms with E-state index in [-0.39, 0.29) is 55.3 Å². The Morgan fingerprint density at radius 2 is 1.68 bits per heavy atom. The summed E-state index contributed by atoms with van der Waals surface area (Å²) >= 11 is 0. The quantitative estimate of drug-likeness (QED) is 0.489. The fraction of sp³-hybridized carbons (Fsp3) is 0.484. The van der Waals surface area contributed by atoms with Crippen molar-refractivity contribution in [2.75, 3.05) is 30.4 Å². The van der Waals surface area contributed by atoms with Crippen LogP contribution in [0.4, 0.5) is 20.6 Å². The number of amides is 5. The van der Waals surface area contributed by atoms with Gasteiger partial charge in [-0.1, -0.05) is 25.5 Å². The molecule has 2 N–H and O–H groups in total. The highest BCUT2D eigenvalue weighted by Gasteiger charge is 2.58. The van der Waals surface area contributed by atoms with Gasteiger partial charge in [-0.15, -0.1) is 0 Å². The Bertz CT molecular complexity index is 1350. The van der Waals surface area contributed by atoms with Gasteiger partial charge in [0.25, 0.3) is 11.8 Å². The number of likely N-dealkylation sites (N-methyl/N-ethyl adjacent to an activating group) is 1. The van der Waals surface area contributed by atoms with Crippen LogP contribution < -0.4 is 15.5 Å². The average molecular weight is 564 g/mol. The highest BCUT2D eigenvalue weighted by Crippen LogP contribution is 2.41. The first-order valence-electron chi connectivity index (χ1n) is 14.4. The third-order valence-electron chi connectivity index (χ3n) is 8.70. The molecule has 3 aliphatic rings. The number of imide groups is 1. The van der Waals surface area contributed by atoms with Gasteiger partial charge in [0.2, 0.25) is 5.91 Å². The summed E-state index contributed by atoms with van der Waals surface area (Å²) in [5, 5.41) is 6.22. The van der Waals surface area contributed by atoms with E-state index in [2.05, 4.69) is 10.6 Å². The topological polar surface area (TPSA) is 102 Å². The summed E-state index contributed by atoms with van der Waals surface area (Å²) in [6, 6.07) is 11.1. The van der Waals surface area contributed by atoms with Crippen molar-refractivity contribution in [2.45, 2.75) is 70.5 Å². The van der Waals surface area contributed by atoms with E-state index in [9.17, 15) is 23.6 Å². The maximum atomic E-state index is 14.3. The van der Waals surface area contributed by atoms with Crippen LogP contribution >= 0.6 is 0 Å². The van der Waals surface area contributed by atoms with Gasteiger partial charge >= 0.3 is 6.03 Å². The Balaban J connectivity index is 1.31. The first kappa shape index (κ1) is 28.6. The molecule has 1 spiro atoms. The summed E-state index contributed by atoms with van der Waals surface area (Å²) in [6.07, 6.45) is 4.05. The molecule has 2 aromatic carbocycles. The first-order chi connectivity index (χ1) is 19.5. The standard InChI is InChI=1S/C31H38FN5O4/c1-19(2)26(34-27(38)24-18-20(3)8-13-25(24)32)28(39)36-16-14-31(15-17-36)29(40)35(4)30(41)37(31)23-11-9-22(10-12-23)33-21-6-5-7-21/h8-13,18-19,21,26,33H,5-7,14-17H2,1-4H3,(H,34,38)/t26-/m1/s1. The summed E-state index contributed by atoms with van der Waals surface area (Å²) in [7, 11) is 1.49. The van der Waals surface area contributed by atoms with Crippen molar-refractivity contribution in [1.29, 1.82) is 0 Å². The van der Waals surface area contributed by atoms with Crippen LogP contribution in [0.15, 0.2) is 42.5 Å². The third-order valence-corrected chi connectivity index (χ3v) is 8.70. The number of nitrogens with zero attached hydrogens (tertiary/aromatic N) is 3. The second-order valence-corrected chi connectivity index (χ2v) is 11.8. The lowest BCUT2D eigenvalue weighted by atomic mass is 9.85. The number of carbonyl (C=O) groups excluding carboxylic acids is 4. The van der Waals surface area contributed by atoms with Crippen molar-refractivity contribution in [2.24, 2.45) is 5.92 Å². The fourth-order valence-corrected chi connectivity index (χ4v) is 5.96. The number of anilines is 2. The number of likely N-dealkylation sites (tertiary alicyclic amines) is 1. The molecule has 3 fully saturated rings. The average Bonchev–Trinajstić information content (AvgIpc) is 3.11. The van der Waals surface area contributed by atoms with Gasteiger partial charge in [-0.05, 0) is 81.3 Å². The smallest absolute Gasteiger partial charge is 0.331 e. The Labute approximate surface area is 240 Å². The number of halogens is 1. The Hall–Kier alpha value is -3.95.